The third-order valence-electron chi connectivity index (χ3n) is 6.51. The van der Waals surface area contributed by atoms with Crippen LogP contribution in [0.3, 0.4) is 0 Å². The van der Waals surface area contributed by atoms with Crippen molar-refractivity contribution in [3.8, 4) is 5.75 Å². The van der Waals surface area contributed by atoms with Crippen LogP contribution in [-0.4, -0.2) is 67.7 Å². The summed E-state index contributed by atoms with van der Waals surface area (Å²) < 4.78 is 32.0. The van der Waals surface area contributed by atoms with Gasteiger partial charge in [0.05, 0.1) is 30.5 Å². The molecule has 0 saturated carbocycles. The number of carbonyl (C=O) groups excluding carboxylic acids is 1. The molecule has 2 heterocycles. The van der Waals surface area contributed by atoms with Gasteiger partial charge >= 0.3 is 0 Å². The SMILES string of the molecule is CCCN=C(CC)C1CC(OCC)CC2(CCN(C(=O)c3cccc(F)c3OC)CC2)O1. The minimum atomic E-state index is -0.525. The minimum absolute atomic E-state index is 0.00269. The molecule has 6 nitrogen and oxygen atoms in total. The Morgan fingerprint density at radius 2 is 2.03 bits per heavy atom. The van der Waals surface area contributed by atoms with Crippen molar-refractivity contribution < 1.29 is 23.4 Å². The van der Waals surface area contributed by atoms with E-state index in [1.807, 2.05) is 6.92 Å². The van der Waals surface area contributed by atoms with E-state index in [9.17, 15) is 9.18 Å². The third-order valence-corrected chi connectivity index (χ3v) is 6.51. The fourth-order valence-electron chi connectivity index (χ4n) is 4.89. The molecule has 3 rings (SSSR count). The number of amides is 1. The fraction of sp³-hybridized carbons (Fsp3) is 0.680. The van der Waals surface area contributed by atoms with Crippen LogP contribution in [0, 0.1) is 5.82 Å². The number of rotatable bonds is 8. The van der Waals surface area contributed by atoms with Gasteiger partial charge in [0.1, 0.15) is 0 Å². The topological polar surface area (TPSA) is 60.4 Å². The average Bonchev–Trinajstić information content (AvgIpc) is 2.79. The molecule has 7 heteroatoms. The summed E-state index contributed by atoms with van der Waals surface area (Å²) in [7, 11) is 1.38. The molecule has 1 aromatic rings. The highest BCUT2D eigenvalue weighted by atomic mass is 19.1. The molecule has 0 bridgehead atoms. The van der Waals surface area contributed by atoms with Crippen LogP contribution in [0.15, 0.2) is 23.2 Å². The molecule has 2 saturated heterocycles. The van der Waals surface area contributed by atoms with Gasteiger partial charge in [0, 0.05) is 44.8 Å². The second-order valence-corrected chi connectivity index (χ2v) is 8.65. The Hall–Kier alpha value is -1.99. The Morgan fingerprint density at radius 3 is 2.66 bits per heavy atom. The lowest BCUT2D eigenvalue weighted by Gasteiger charge is -2.49. The number of hydrogen-bond acceptors (Lipinski definition) is 5. The Morgan fingerprint density at radius 1 is 1.28 bits per heavy atom. The predicted molar refractivity (Wildman–Crippen MR) is 123 cm³/mol. The number of likely N-dealkylation sites (tertiary alicyclic amines) is 1. The number of aliphatic imine (C=N–C) groups is 1. The van der Waals surface area contributed by atoms with Crippen molar-refractivity contribution in [2.75, 3.05) is 33.4 Å². The van der Waals surface area contributed by atoms with Gasteiger partial charge in [-0.2, -0.15) is 0 Å². The zero-order valence-electron chi connectivity index (χ0n) is 19.9. The van der Waals surface area contributed by atoms with Gasteiger partial charge in [-0.1, -0.05) is 19.9 Å². The van der Waals surface area contributed by atoms with Crippen molar-refractivity contribution in [1.29, 1.82) is 0 Å². The predicted octanol–water partition coefficient (Wildman–Crippen LogP) is 4.65. The summed E-state index contributed by atoms with van der Waals surface area (Å²) in [4.78, 5) is 19.7. The molecular weight excluding hydrogens is 411 g/mol. The number of para-hydroxylation sites is 1. The van der Waals surface area contributed by atoms with E-state index < -0.39 is 5.82 Å². The van der Waals surface area contributed by atoms with Crippen molar-refractivity contribution in [3.63, 3.8) is 0 Å². The summed E-state index contributed by atoms with van der Waals surface area (Å²) in [5.74, 6) is -0.727. The molecule has 1 aromatic carbocycles. The maximum Gasteiger partial charge on any atom is 0.257 e. The standard InChI is InChI=1S/C25H37FN2O4/c1-5-13-27-21(6-2)22-16-18(31-7-3)17-25(32-22)11-14-28(15-12-25)24(29)19-9-8-10-20(26)23(19)30-4/h8-10,18,22H,5-7,11-17H2,1-4H3. The highest BCUT2D eigenvalue weighted by molar-refractivity contribution is 5.97. The van der Waals surface area contributed by atoms with Crippen molar-refractivity contribution >= 4 is 11.6 Å². The van der Waals surface area contributed by atoms with E-state index >= 15 is 0 Å². The Kier molecular flexibility index (Phi) is 8.65. The molecule has 0 N–H and O–H groups in total. The van der Waals surface area contributed by atoms with Gasteiger partial charge < -0.3 is 19.1 Å². The normalized spacial score (nSPS) is 23.4. The van der Waals surface area contributed by atoms with Crippen LogP contribution in [-0.2, 0) is 9.47 Å². The summed E-state index contributed by atoms with van der Waals surface area (Å²) in [6.07, 6.45) is 5.07. The van der Waals surface area contributed by atoms with Crippen LogP contribution in [0.5, 0.6) is 5.75 Å². The van der Waals surface area contributed by atoms with Crippen LogP contribution < -0.4 is 4.74 Å². The van der Waals surface area contributed by atoms with E-state index in [2.05, 4.69) is 13.8 Å². The van der Waals surface area contributed by atoms with Gasteiger partial charge in [-0.05, 0) is 44.7 Å². The molecule has 1 spiro atoms. The quantitative estimate of drug-likeness (QED) is 0.543. The molecule has 178 valence electrons. The third kappa shape index (κ3) is 5.49. The first kappa shape index (κ1) is 24.6. The number of methoxy groups -OCH3 is 1. The van der Waals surface area contributed by atoms with Gasteiger partial charge in [0.15, 0.2) is 11.6 Å². The van der Waals surface area contributed by atoms with Crippen molar-refractivity contribution in [1.82, 2.24) is 4.90 Å². The monoisotopic (exact) mass is 448 g/mol. The second kappa shape index (κ2) is 11.2. The van der Waals surface area contributed by atoms with Gasteiger partial charge in [-0.25, -0.2) is 4.39 Å². The van der Waals surface area contributed by atoms with E-state index in [1.165, 1.54) is 13.2 Å². The maximum atomic E-state index is 14.1. The molecule has 32 heavy (non-hydrogen) atoms. The first-order chi connectivity index (χ1) is 15.5. The Balaban J connectivity index is 1.74. The van der Waals surface area contributed by atoms with Crippen LogP contribution >= 0.6 is 0 Å². The Bertz CT molecular complexity index is 805. The number of nitrogens with zero attached hydrogens (tertiary/aromatic N) is 2. The number of carbonyl (C=O) groups is 1. The van der Waals surface area contributed by atoms with Gasteiger partial charge in [-0.15, -0.1) is 0 Å². The highest BCUT2D eigenvalue weighted by Gasteiger charge is 2.45. The molecule has 0 aromatic heterocycles. The summed E-state index contributed by atoms with van der Waals surface area (Å²) in [6, 6.07) is 4.46. The molecule has 0 aliphatic carbocycles. The summed E-state index contributed by atoms with van der Waals surface area (Å²) in [5, 5.41) is 0. The molecule has 1 amide bonds. The van der Waals surface area contributed by atoms with E-state index in [0.717, 1.165) is 50.8 Å². The van der Waals surface area contributed by atoms with Gasteiger partial charge in [0.25, 0.3) is 5.91 Å². The van der Waals surface area contributed by atoms with E-state index in [0.29, 0.717) is 19.7 Å². The number of piperidine rings is 1. The maximum absolute atomic E-state index is 14.1. The molecule has 2 unspecified atom stereocenters. The number of halogens is 1. The van der Waals surface area contributed by atoms with Crippen LogP contribution in [0.1, 0.15) is 69.7 Å². The number of ether oxygens (including phenoxy) is 3. The smallest absolute Gasteiger partial charge is 0.257 e. The summed E-state index contributed by atoms with van der Waals surface area (Å²) >= 11 is 0. The molecule has 2 aliphatic rings. The van der Waals surface area contributed by atoms with E-state index in [4.69, 9.17) is 19.2 Å². The van der Waals surface area contributed by atoms with E-state index in [-0.39, 0.29) is 35.0 Å². The lowest BCUT2D eigenvalue weighted by Crippen LogP contribution is -2.55. The first-order valence-corrected chi connectivity index (χ1v) is 11.9. The average molecular weight is 449 g/mol. The Labute approximate surface area is 191 Å². The van der Waals surface area contributed by atoms with Crippen LogP contribution in [0.4, 0.5) is 4.39 Å². The molecule has 2 fully saturated rings. The molecule has 2 atom stereocenters. The van der Waals surface area contributed by atoms with Crippen LogP contribution in [0.25, 0.3) is 0 Å². The van der Waals surface area contributed by atoms with Crippen molar-refractivity contribution in [2.24, 2.45) is 4.99 Å². The van der Waals surface area contributed by atoms with Gasteiger partial charge in [-0.3, -0.25) is 9.79 Å². The van der Waals surface area contributed by atoms with E-state index in [1.54, 1.807) is 17.0 Å². The zero-order chi connectivity index (χ0) is 23.1. The minimum Gasteiger partial charge on any atom is -0.493 e. The molecule has 0 radical (unpaired) electrons. The fourth-order valence-corrected chi connectivity index (χ4v) is 4.89. The number of hydrogen-bond donors (Lipinski definition) is 0. The largest absolute Gasteiger partial charge is 0.493 e. The zero-order valence-corrected chi connectivity index (χ0v) is 19.9. The lowest BCUT2D eigenvalue weighted by molar-refractivity contribution is -0.169. The second-order valence-electron chi connectivity index (χ2n) is 8.65. The first-order valence-electron chi connectivity index (χ1n) is 11.9. The summed E-state index contributed by atoms with van der Waals surface area (Å²) in [6.45, 7) is 8.87. The number of benzene rings is 1. The highest BCUT2D eigenvalue weighted by Crippen LogP contribution is 2.40. The van der Waals surface area contributed by atoms with Crippen molar-refractivity contribution in [2.45, 2.75) is 77.1 Å². The molecule has 2 aliphatic heterocycles. The molecular formula is C25H37FN2O4. The van der Waals surface area contributed by atoms with Crippen molar-refractivity contribution in [3.05, 3.63) is 29.6 Å². The van der Waals surface area contributed by atoms with Gasteiger partial charge in [0.2, 0.25) is 0 Å². The lowest BCUT2D eigenvalue weighted by atomic mass is 9.80. The van der Waals surface area contributed by atoms with Crippen LogP contribution in [0.2, 0.25) is 0 Å². The summed E-state index contributed by atoms with van der Waals surface area (Å²) in [5.41, 5.74) is 1.05.